The second kappa shape index (κ2) is 8.55. The second-order valence-corrected chi connectivity index (χ2v) is 9.51. The summed E-state index contributed by atoms with van der Waals surface area (Å²) in [6.45, 7) is 4.89. The molecule has 0 aliphatic heterocycles. The van der Waals surface area contributed by atoms with Crippen molar-refractivity contribution in [1.29, 1.82) is 5.26 Å². The van der Waals surface area contributed by atoms with E-state index in [1.165, 1.54) is 6.33 Å². The van der Waals surface area contributed by atoms with Gasteiger partial charge in [0.2, 0.25) is 0 Å². The molecule has 0 fully saturated rings. The zero-order chi connectivity index (χ0) is 20.3. The van der Waals surface area contributed by atoms with E-state index < -0.39 is 15.8 Å². The van der Waals surface area contributed by atoms with Crippen molar-refractivity contribution in [2.45, 2.75) is 25.0 Å². The minimum atomic E-state index is -0.530. The van der Waals surface area contributed by atoms with Crippen LogP contribution in [0.1, 0.15) is 35.0 Å². The number of nitrogens with zero attached hydrogens (tertiary/aromatic N) is 7. The topological polar surface area (TPSA) is 129 Å². The number of fused-ring (bicyclic) bond motifs is 1. The number of nitrogens with two attached hydrogens (primary N) is 1. The standard InChI is InChI=1S/C18H22AsN8O/c1-11-5-7-27-14(11)18(26(3)6-4-8-28)24-17(25-27)12(2)19-15-13(9-20)16(21)23-10-22-15/h5,7,10,12,28H,4,6,8H2,1-3H3,(H2,21,22,23). The van der Waals surface area contributed by atoms with E-state index in [1.54, 1.807) is 0 Å². The van der Waals surface area contributed by atoms with Crippen LogP contribution >= 0.6 is 0 Å². The summed E-state index contributed by atoms with van der Waals surface area (Å²) in [5.74, 6) is 1.73. The third-order valence-corrected chi connectivity index (χ3v) is 6.90. The molecule has 3 heterocycles. The van der Waals surface area contributed by atoms with Crippen molar-refractivity contribution in [3.05, 3.63) is 35.5 Å². The second-order valence-electron chi connectivity index (χ2n) is 6.46. The molecule has 9 nitrogen and oxygen atoms in total. The van der Waals surface area contributed by atoms with Crippen molar-refractivity contribution in [2.24, 2.45) is 0 Å². The third kappa shape index (κ3) is 3.93. The van der Waals surface area contributed by atoms with Crippen LogP contribution in [0.25, 0.3) is 5.52 Å². The summed E-state index contributed by atoms with van der Waals surface area (Å²) in [5.41, 5.74) is 8.20. The number of nitrogen functional groups attached to an aromatic ring is 1. The SMILES string of the molecule is Cc1ccn2nc(C(C)[As]c3ncnc(N)c3C#N)nc(N(C)CCCO)c12. The first-order valence-corrected chi connectivity index (χ1v) is 10.9. The molecule has 3 aromatic rings. The summed E-state index contributed by atoms with van der Waals surface area (Å²) in [6, 6.07) is 4.11. The van der Waals surface area contributed by atoms with Crippen molar-refractivity contribution in [1.82, 2.24) is 24.6 Å². The van der Waals surface area contributed by atoms with Gasteiger partial charge < -0.3 is 0 Å². The van der Waals surface area contributed by atoms with Crippen molar-refractivity contribution < 1.29 is 5.11 Å². The van der Waals surface area contributed by atoms with Crippen LogP contribution in [0.3, 0.4) is 0 Å². The number of hydrogen-bond acceptors (Lipinski definition) is 8. The zero-order valence-corrected chi connectivity index (χ0v) is 17.9. The van der Waals surface area contributed by atoms with Crippen LogP contribution in [0.4, 0.5) is 11.6 Å². The van der Waals surface area contributed by atoms with E-state index in [-0.39, 0.29) is 17.1 Å². The van der Waals surface area contributed by atoms with Gasteiger partial charge >= 0.3 is 170 Å². The maximum atomic E-state index is 9.37. The van der Waals surface area contributed by atoms with Gasteiger partial charge in [-0.15, -0.1) is 0 Å². The monoisotopic (exact) mass is 441 g/mol. The molecule has 0 spiro atoms. The summed E-state index contributed by atoms with van der Waals surface area (Å²) < 4.78 is 2.54. The first kappa shape index (κ1) is 20.1. The Kier molecular flexibility index (Phi) is 6.12. The van der Waals surface area contributed by atoms with Gasteiger partial charge in [0.1, 0.15) is 0 Å². The molecule has 3 rings (SSSR count). The third-order valence-electron chi connectivity index (χ3n) is 4.38. The van der Waals surface area contributed by atoms with Crippen LogP contribution in [0.5, 0.6) is 0 Å². The number of aliphatic hydroxyl groups excluding tert-OH is 1. The molecule has 0 aliphatic rings. The molecule has 1 atom stereocenters. The maximum absolute atomic E-state index is 9.37. The number of aromatic nitrogens is 5. The van der Waals surface area contributed by atoms with Crippen LogP contribution in [-0.4, -0.2) is 65.6 Å². The van der Waals surface area contributed by atoms with Gasteiger partial charge in [0.15, 0.2) is 0 Å². The first-order chi connectivity index (χ1) is 13.5. The van der Waals surface area contributed by atoms with E-state index in [4.69, 9.17) is 15.8 Å². The molecule has 10 heteroatoms. The fraction of sp³-hybridized carbons (Fsp3) is 0.389. The van der Waals surface area contributed by atoms with Crippen LogP contribution in [-0.2, 0) is 0 Å². The molecular formula is C18H22AsN8O. The van der Waals surface area contributed by atoms with E-state index in [1.807, 2.05) is 42.6 Å². The van der Waals surface area contributed by atoms with Crippen molar-refractivity contribution >= 4 is 37.4 Å². The van der Waals surface area contributed by atoms with E-state index in [2.05, 4.69) is 21.1 Å². The van der Waals surface area contributed by atoms with E-state index >= 15 is 0 Å². The Morgan fingerprint density at radius 2 is 2.21 bits per heavy atom. The molecule has 0 bridgehead atoms. The number of hydrogen-bond donors (Lipinski definition) is 2. The molecule has 3 aromatic heterocycles. The van der Waals surface area contributed by atoms with Gasteiger partial charge in [-0.2, -0.15) is 0 Å². The average Bonchev–Trinajstić information content (AvgIpc) is 3.06. The summed E-state index contributed by atoms with van der Waals surface area (Å²) >= 11 is -0.530. The molecule has 0 amide bonds. The molecule has 0 saturated heterocycles. The van der Waals surface area contributed by atoms with Crippen LogP contribution < -0.4 is 15.1 Å². The van der Waals surface area contributed by atoms with Crippen molar-refractivity contribution in [3.63, 3.8) is 0 Å². The van der Waals surface area contributed by atoms with Gasteiger partial charge in [0, 0.05) is 0 Å². The molecule has 1 unspecified atom stereocenters. The van der Waals surface area contributed by atoms with Crippen LogP contribution in [0.15, 0.2) is 18.6 Å². The first-order valence-electron chi connectivity index (χ1n) is 8.85. The molecule has 145 valence electrons. The Hall–Kier alpha value is -2.69. The predicted octanol–water partition coefficient (Wildman–Crippen LogP) is 0.191. The van der Waals surface area contributed by atoms with E-state index in [0.717, 1.165) is 16.9 Å². The van der Waals surface area contributed by atoms with Gasteiger partial charge in [-0.05, 0) is 0 Å². The molecule has 0 aliphatic carbocycles. The van der Waals surface area contributed by atoms with Gasteiger partial charge in [-0.1, -0.05) is 0 Å². The zero-order valence-electron chi connectivity index (χ0n) is 16.0. The van der Waals surface area contributed by atoms with Crippen LogP contribution in [0.2, 0.25) is 0 Å². The Bertz CT molecular complexity index is 1030. The van der Waals surface area contributed by atoms with Gasteiger partial charge in [-0.3, -0.25) is 0 Å². The number of nitriles is 1. The van der Waals surface area contributed by atoms with Crippen molar-refractivity contribution in [3.8, 4) is 6.07 Å². The summed E-state index contributed by atoms with van der Waals surface area (Å²) in [4.78, 5) is 15.0. The Balaban J connectivity index is 1.99. The van der Waals surface area contributed by atoms with Gasteiger partial charge in [0.25, 0.3) is 0 Å². The molecular weight excluding hydrogens is 419 g/mol. The normalized spacial score (nSPS) is 12.5. The van der Waals surface area contributed by atoms with Gasteiger partial charge in [0.05, 0.1) is 0 Å². The Morgan fingerprint density at radius 3 is 2.93 bits per heavy atom. The van der Waals surface area contributed by atoms with Crippen molar-refractivity contribution in [2.75, 3.05) is 30.8 Å². The summed E-state index contributed by atoms with van der Waals surface area (Å²) in [7, 11) is 1.96. The van der Waals surface area contributed by atoms with E-state index in [9.17, 15) is 5.26 Å². The fourth-order valence-corrected chi connectivity index (χ4v) is 4.97. The molecule has 3 N–H and O–H groups in total. The Labute approximate surface area is 169 Å². The average molecular weight is 441 g/mol. The number of anilines is 2. The van der Waals surface area contributed by atoms with E-state index in [0.29, 0.717) is 28.8 Å². The quantitative estimate of drug-likeness (QED) is 0.497. The minimum absolute atomic E-state index is 0.00903. The van der Waals surface area contributed by atoms with Gasteiger partial charge in [-0.25, -0.2) is 0 Å². The molecule has 0 aromatic carbocycles. The van der Waals surface area contributed by atoms with Crippen LogP contribution in [0, 0.1) is 18.3 Å². The molecule has 28 heavy (non-hydrogen) atoms. The molecule has 1 radical (unpaired) electrons. The molecule has 0 saturated carbocycles. The number of rotatable bonds is 7. The predicted molar refractivity (Wildman–Crippen MR) is 108 cm³/mol. The Morgan fingerprint density at radius 1 is 1.43 bits per heavy atom. The fourth-order valence-electron chi connectivity index (χ4n) is 2.87. The summed E-state index contributed by atoms with van der Waals surface area (Å²) in [6.07, 6.45) is 3.97. The number of aliphatic hydroxyl groups is 1. The summed E-state index contributed by atoms with van der Waals surface area (Å²) in [5, 5.41) is 23.2. The number of aryl methyl sites for hydroxylation is 1.